The standard InChI is InChI=1S/C7H13N2.CNS/c1-3-8-5-6-9(4-2)7-8;2-1-3/h5-7H,3-4H2,1-2H3;/q+1;-1. The maximum absolute atomic E-state index is 7.13. The molecule has 1 aromatic rings. The first-order valence-electron chi connectivity index (χ1n) is 3.84. The molecular weight excluding hydrogens is 170 g/mol. The van der Waals surface area contributed by atoms with Gasteiger partial charge in [0.05, 0.1) is 13.1 Å². The number of nitrogens with zero attached hydrogens (tertiary/aromatic N) is 3. The summed E-state index contributed by atoms with van der Waals surface area (Å²) < 4.78 is 4.31. The molecule has 0 saturated heterocycles. The van der Waals surface area contributed by atoms with E-state index in [1.165, 1.54) is 5.16 Å². The number of thiocarbonyl (C=S) groups is 1. The average Bonchev–Trinajstić information content (AvgIpc) is 2.53. The minimum Gasteiger partial charge on any atom is -0.753 e. The Morgan fingerprint density at radius 1 is 1.58 bits per heavy atom. The highest BCUT2D eigenvalue weighted by Gasteiger charge is 1.95. The van der Waals surface area contributed by atoms with Crippen LogP contribution in [0.15, 0.2) is 18.7 Å². The van der Waals surface area contributed by atoms with Crippen molar-refractivity contribution in [3.63, 3.8) is 0 Å². The fourth-order valence-corrected chi connectivity index (χ4v) is 0.813. The van der Waals surface area contributed by atoms with Gasteiger partial charge in [-0.3, -0.25) is 0 Å². The molecular formula is C8H13N3S. The smallest absolute Gasteiger partial charge is 0.243 e. The van der Waals surface area contributed by atoms with Gasteiger partial charge in [-0.25, -0.2) is 9.13 Å². The Labute approximate surface area is 78.2 Å². The van der Waals surface area contributed by atoms with E-state index in [0.717, 1.165) is 13.1 Å². The van der Waals surface area contributed by atoms with E-state index >= 15 is 0 Å². The largest absolute Gasteiger partial charge is 0.753 e. The van der Waals surface area contributed by atoms with Crippen LogP contribution in [0.25, 0.3) is 5.41 Å². The van der Waals surface area contributed by atoms with Crippen molar-refractivity contribution in [1.29, 1.82) is 0 Å². The summed E-state index contributed by atoms with van der Waals surface area (Å²) in [5.74, 6) is 0. The summed E-state index contributed by atoms with van der Waals surface area (Å²) in [6.07, 6.45) is 6.28. The van der Waals surface area contributed by atoms with Gasteiger partial charge in [0.1, 0.15) is 12.4 Å². The van der Waals surface area contributed by atoms with Crippen LogP contribution in [0, 0.1) is 0 Å². The summed E-state index contributed by atoms with van der Waals surface area (Å²) in [7, 11) is 0. The van der Waals surface area contributed by atoms with Crippen LogP contribution < -0.4 is 4.57 Å². The first-order chi connectivity index (χ1) is 5.78. The highest BCUT2D eigenvalue weighted by molar-refractivity contribution is 7.78. The van der Waals surface area contributed by atoms with Crippen molar-refractivity contribution >= 4 is 17.4 Å². The highest BCUT2D eigenvalue weighted by atomic mass is 32.1. The molecule has 0 aliphatic rings. The molecule has 66 valence electrons. The van der Waals surface area contributed by atoms with Crippen LogP contribution in [-0.4, -0.2) is 9.73 Å². The molecule has 0 aromatic carbocycles. The van der Waals surface area contributed by atoms with Gasteiger partial charge in [-0.15, -0.1) is 0 Å². The van der Waals surface area contributed by atoms with Crippen LogP contribution in [0.4, 0.5) is 0 Å². The zero-order valence-electron chi connectivity index (χ0n) is 7.40. The van der Waals surface area contributed by atoms with Gasteiger partial charge in [-0.05, 0) is 13.8 Å². The van der Waals surface area contributed by atoms with Gasteiger partial charge in [-0.1, -0.05) is 12.2 Å². The maximum Gasteiger partial charge on any atom is 0.243 e. The molecule has 0 bridgehead atoms. The molecule has 0 aliphatic carbocycles. The molecule has 3 nitrogen and oxygen atoms in total. The van der Waals surface area contributed by atoms with Crippen molar-refractivity contribution in [3.8, 4) is 0 Å². The third kappa shape index (κ3) is 4.01. The van der Waals surface area contributed by atoms with Crippen LogP contribution >= 0.6 is 12.2 Å². The number of aryl methyl sites for hydroxylation is 2. The molecule has 0 spiro atoms. The van der Waals surface area contributed by atoms with E-state index in [4.69, 9.17) is 5.41 Å². The Bertz CT molecular complexity index is 230. The number of aromatic nitrogens is 2. The summed E-state index contributed by atoms with van der Waals surface area (Å²) in [6.45, 7) is 6.40. The summed E-state index contributed by atoms with van der Waals surface area (Å²) in [6, 6.07) is 0. The second kappa shape index (κ2) is 6.70. The van der Waals surface area contributed by atoms with E-state index in [1.54, 1.807) is 0 Å². The summed E-state index contributed by atoms with van der Waals surface area (Å²) in [5, 5.41) is 8.47. The molecule has 0 aliphatic heterocycles. The minimum atomic E-state index is 1.06. The second-order valence-electron chi connectivity index (χ2n) is 2.17. The molecule has 1 heterocycles. The van der Waals surface area contributed by atoms with E-state index in [0.29, 0.717) is 0 Å². The summed E-state index contributed by atoms with van der Waals surface area (Å²) >= 11 is 3.70. The van der Waals surface area contributed by atoms with Gasteiger partial charge in [0, 0.05) is 0 Å². The molecule has 0 radical (unpaired) electrons. The van der Waals surface area contributed by atoms with Crippen LogP contribution in [-0.2, 0) is 13.1 Å². The number of hydrogen-bond donors (Lipinski definition) is 0. The zero-order chi connectivity index (χ0) is 9.40. The first kappa shape index (κ1) is 11.0. The van der Waals surface area contributed by atoms with E-state index in [-0.39, 0.29) is 0 Å². The van der Waals surface area contributed by atoms with Crippen LogP contribution in [0.3, 0.4) is 0 Å². The van der Waals surface area contributed by atoms with Gasteiger partial charge in [0.2, 0.25) is 6.33 Å². The normalized spacial score (nSPS) is 8.17. The molecule has 1 rings (SSSR count). The monoisotopic (exact) mass is 183 g/mol. The molecule has 0 fully saturated rings. The van der Waals surface area contributed by atoms with E-state index in [1.807, 2.05) is 0 Å². The lowest BCUT2D eigenvalue weighted by atomic mass is 10.7. The van der Waals surface area contributed by atoms with Crippen molar-refractivity contribution in [2.45, 2.75) is 26.9 Å². The minimum absolute atomic E-state index is 1.06. The highest BCUT2D eigenvalue weighted by Crippen LogP contribution is 1.81. The Hall–Kier alpha value is -0.990. The Morgan fingerprint density at radius 2 is 2.17 bits per heavy atom. The third-order valence-corrected chi connectivity index (χ3v) is 1.48. The summed E-state index contributed by atoms with van der Waals surface area (Å²) in [4.78, 5) is 0. The topological polar surface area (TPSA) is 31.1 Å². The lowest BCUT2D eigenvalue weighted by Gasteiger charge is -1.84. The number of isothiocyanates is 1. The second-order valence-corrected chi connectivity index (χ2v) is 2.35. The average molecular weight is 183 g/mol. The fourth-order valence-electron chi connectivity index (χ4n) is 0.813. The van der Waals surface area contributed by atoms with Crippen LogP contribution in [0.1, 0.15) is 13.8 Å². The third-order valence-electron chi connectivity index (χ3n) is 1.48. The van der Waals surface area contributed by atoms with Crippen molar-refractivity contribution in [3.05, 3.63) is 24.1 Å². The van der Waals surface area contributed by atoms with Crippen LogP contribution in [0.5, 0.6) is 0 Å². The Morgan fingerprint density at radius 3 is 2.42 bits per heavy atom. The maximum atomic E-state index is 7.13. The van der Waals surface area contributed by atoms with Gasteiger partial charge < -0.3 is 5.41 Å². The number of hydrogen-bond acceptors (Lipinski definition) is 1. The van der Waals surface area contributed by atoms with Gasteiger partial charge in [-0.2, -0.15) is 5.16 Å². The van der Waals surface area contributed by atoms with Crippen LogP contribution in [0.2, 0.25) is 0 Å². The molecule has 0 unspecified atom stereocenters. The Balaban J connectivity index is 0.000000354. The number of rotatable bonds is 2. The van der Waals surface area contributed by atoms with Crippen molar-refractivity contribution in [2.24, 2.45) is 0 Å². The molecule has 0 saturated carbocycles. The molecule has 0 N–H and O–H groups in total. The Kier molecular flexibility index (Phi) is 6.15. The number of imidazole rings is 1. The molecule has 4 heteroatoms. The predicted octanol–water partition coefficient (Wildman–Crippen LogP) is 1.47. The molecule has 0 amide bonds. The summed E-state index contributed by atoms with van der Waals surface area (Å²) in [5.41, 5.74) is 0. The van der Waals surface area contributed by atoms with E-state index in [9.17, 15) is 0 Å². The molecule has 0 atom stereocenters. The SMILES string of the molecule is CCn1cc[n+](CC)c1.[N-]=C=S. The molecule has 1 aromatic heterocycles. The van der Waals surface area contributed by atoms with Crippen molar-refractivity contribution in [1.82, 2.24) is 4.57 Å². The van der Waals surface area contributed by atoms with E-state index < -0.39 is 0 Å². The van der Waals surface area contributed by atoms with Gasteiger partial charge in [0.15, 0.2) is 0 Å². The first-order valence-corrected chi connectivity index (χ1v) is 4.25. The molecule has 12 heavy (non-hydrogen) atoms. The van der Waals surface area contributed by atoms with Gasteiger partial charge >= 0.3 is 0 Å². The quantitative estimate of drug-likeness (QED) is 0.388. The zero-order valence-corrected chi connectivity index (χ0v) is 8.21. The lowest BCUT2D eigenvalue weighted by Crippen LogP contribution is -2.28. The van der Waals surface area contributed by atoms with Crippen molar-refractivity contribution < 1.29 is 4.57 Å². The lowest BCUT2D eigenvalue weighted by molar-refractivity contribution is -0.693. The van der Waals surface area contributed by atoms with Gasteiger partial charge in [0.25, 0.3) is 0 Å². The van der Waals surface area contributed by atoms with E-state index in [2.05, 4.69) is 53.9 Å². The van der Waals surface area contributed by atoms with Crippen molar-refractivity contribution in [2.75, 3.05) is 0 Å². The fraction of sp³-hybridized carbons (Fsp3) is 0.500. The predicted molar refractivity (Wildman–Crippen MR) is 51.9 cm³/mol.